The van der Waals surface area contributed by atoms with Crippen LogP contribution in [0.15, 0.2) is 6.07 Å². The molecule has 0 bridgehead atoms. The molecule has 1 rings (SSSR count). The van der Waals surface area contributed by atoms with Crippen LogP contribution in [0.25, 0.3) is 0 Å². The van der Waals surface area contributed by atoms with Crippen molar-refractivity contribution in [2.24, 2.45) is 0 Å². The number of hydrogen-bond donors (Lipinski definition) is 0. The number of halogens is 2. The average Bonchev–Trinajstić information content (AvgIpc) is 2.26. The van der Waals surface area contributed by atoms with Crippen LogP contribution in [-0.2, 0) is 0 Å². The van der Waals surface area contributed by atoms with Gasteiger partial charge >= 0.3 is 0 Å². The predicted octanol–water partition coefficient (Wildman–Crippen LogP) is 1.91. The molecule has 0 radical (unpaired) electrons. The highest BCUT2D eigenvalue weighted by Gasteiger charge is 2.19. The molecule has 0 aromatic carbocycles. The van der Waals surface area contributed by atoms with Crippen molar-refractivity contribution in [2.75, 3.05) is 14.2 Å². The van der Waals surface area contributed by atoms with E-state index in [-0.39, 0.29) is 17.2 Å². The molecule has 0 unspecified atom stereocenters. The molecule has 6 heteroatoms. The van der Waals surface area contributed by atoms with Crippen molar-refractivity contribution in [3.63, 3.8) is 0 Å². The van der Waals surface area contributed by atoms with Crippen molar-refractivity contribution in [2.45, 2.75) is 6.43 Å². The van der Waals surface area contributed by atoms with Gasteiger partial charge in [0.25, 0.3) is 6.43 Å². The molecule has 0 N–H and O–H groups in total. The van der Waals surface area contributed by atoms with Gasteiger partial charge in [-0.25, -0.2) is 13.8 Å². The van der Waals surface area contributed by atoms with Gasteiger partial charge in [0.1, 0.15) is 17.5 Å². The lowest BCUT2D eigenvalue weighted by atomic mass is 10.2. The maximum atomic E-state index is 12.5. The van der Waals surface area contributed by atoms with E-state index in [4.69, 9.17) is 14.7 Å². The van der Waals surface area contributed by atoms with E-state index in [1.54, 1.807) is 6.07 Å². The van der Waals surface area contributed by atoms with E-state index in [9.17, 15) is 8.78 Å². The number of aromatic nitrogens is 1. The van der Waals surface area contributed by atoms with Crippen LogP contribution in [-0.4, -0.2) is 19.2 Å². The number of nitriles is 1. The van der Waals surface area contributed by atoms with E-state index in [0.29, 0.717) is 0 Å². The van der Waals surface area contributed by atoms with E-state index in [2.05, 4.69) is 4.98 Å². The Bertz CT molecular complexity index is 402. The van der Waals surface area contributed by atoms with Gasteiger partial charge in [0, 0.05) is 6.07 Å². The lowest BCUT2D eigenvalue weighted by Crippen LogP contribution is -2.01. The summed E-state index contributed by atoms with van der Waals surface area (Å²) in [6.07, 6.45) is -2.79. The van der Waals surface area contributed by atoms with Gasteiger partial charge in [-0.3, -0.25) is 0 Å². The fraction of sp³-hybridized carbons (Fsp3) is 0.333. The van der Waals surface area contributed by atoms with Gasteiger partial charge in [-0.2, -0.15) is 5.26 Å². The summed E-state index contributed by atoms with van der Waals surface area (Å²) < 4.78 is 34.5. The second-order valence-corrected chi connectivity index (χ2v) is 2.54. The SMILES string of the molecule is COc1cc(OC)c(C(F)F)nc1C#N. The zero-order valence-corrected chi connectivity index (χ0v) is 8.12. The topological polar surface area (TPSA) is 55.1 Å². The van der Waals surface area contributed by atoms with Gasteiger partial charge in [-0.1, -0.05) is 0 Å². The van der Waals surface area contributed by atoms with Gasteiger partial charge in [0.2, 0.25) is 0 Å². The summed E-state index contributed by atoms with van der Waals surface area (Å²) in [5, 5.41) is 8.64. The Hall–Kier alpha value is -1.90. The van der Waals surface area contributed by atoms with E-state index in [0.717, 1.165) is 0 Å². The molecule has 15 heavy (non-hydrogen) atoms. The Morgan fingerprint density at radius 2 is 1.93 bits per heavy atom. The first-order valence-corrected chi connectivity index (χ1v) is 3.95. The zero-order valence-electron chi connectivity index (χ0n) is 8.12. The molecule has 0 saturated heterocycles. The Labute approximate surface area is 85.1 Å². The van der Waals surface area contributed by atoms with Crippen molar-refractivity contribution < 1.29 is 18.3 Å². The summed E-state index contributed by atoms with van der Waals surface area (Å²) in [5.74, 6) is 0.0135. The van der Waals surface area contributed by atoms with Crippen LogP contribution in [0, 0.1) is 11.3 Å². The average molecular weight is 214 g/mol. The molecule has 0 atom stereocenters. The second kappa shape index (κ2) is 4.55. The molecule has 0 aliphatic rings. The van der Waals surface area contributed by atoms with Gasteiger partial charge in [0.15, 0.2) is 11.4 Å². The van der Waals surface area contributed by atoms with Crippen LogP contribution in [0.3, 0.4) is 0 Å². The largest absolute Gasteiger partial charge is 0.494 e. The van der Waals surface area contributed by atoms with Crippen LogP contribution in [0.5, 0.6) is 11.5 Å². The van der Waals surface area contributed by atoms with E-state index in [1.165, 1.54) is 20.3 Å². The first kappa shape index (κ1) is 11.2. The minimum absolute atomic E-state index is 0.0964. The molecule has 0 saturated carbocycles. The van der Waals surface area contributed by atoms with E-state index >= 15 is 0 Å². The molecule has 0 aliphatic heterocycles. The molecular weight excluding hydrogens is 206 g/mol. The summed E-state index contributed by atoms with van der Waals surface area (Å²) in [6, 6.07) is 2.88. The summed E-state index contributed by atoms with van der Waals surface area (Å²) >= 11 is 0. The molecule has 1 aromatic heterocycles. The number of nitrogens with zero attached hydrogens (tertiary/aromatic N) is 2. The second-order valence-electron chi connectivity index (χ2n) is 2.54. The molecule has 0 spiro atoms. The number of pyridine rings is 1. The highest BCUT2D eigenvalue weighted by Crippen LogP contribution is 2.31. The third kappa shape index (κ3) is 2.13. The Kier molecular flexibility index (Phi) is 3.39. The quantitative estimate of drug-likeness (QED) is 0.771. The molecule has 0 fully saturated rings. The van der Waals surface area contributed by atoms with Crippen molar-refractivity contribution in [1.29, 1.82) is 5.26 Å². The number of ether oxygens (including phenoxy) is 2. The zero-order chi connectivity index (χ0) is 11.4. The summed E-state index contributed by atoms with van der Waals surface area (Å²) in [7, 11) is 2.56. The van der Waals surface area contributed by atoms with Gasteiger partial charge in [-0.15, -0.1) is 0 Å². The minimum Gasteiger partial charge on any atom is -0.494 e. The van der Waals surface area contributed by atoms with Crippen molar-refractivity contribution >= 4 is 0 Å². The molecule has 1 heterocycles. The molecule has 80 valence electrons. The summed E-state index contributed by atoms with van der Waals surface area (Å²) in [4.78, 5) is 3.47. The van der Waals surface area contributed by atoms with Crippen LogP contribution in [0.4, 0.5) is 8.78 Å². The maximum absolute atomic E-state index is 12.5. The van der Waals surface area contributed by atoms with Crippen LogP contribution in [0.1, 0.15) is 17.8 Å². The van der Waals surface area contributed by atoms with Gasteiger partial charge in [-0.05, 0) is 0 Å². The van der Waals surface area contributed by atoms with Crippen LogP contribution >= 0.6 is 0 Å². The third-order valence-electron chi connectivity index (χ3n) is 1.73. The predicted molar refractivity (Wildman–Crippen MR) is 47.0 cm³/mol. The summed E-state index contributed by atoms with van der Waals surface area (Å²) in [6.45, 7) is 0. The van der Waals surface area contributed by atoms with Crippen molar-refractivity contribution in [1.82, 2.24) is 4.98 Å². The standard InChI is InChI=1S/C9H8F2N2O2/c1-14-6-3-7(15-2)8(9(10)11)13-5(6)4-12/h3,9H,1-2H3. The lowest BCUT2D eigenvalue weighted by molar-refractivity contribution is 0.141. The number of methoxy groups -OCH3 is 2. The minimum atomic E-state index is -2.79. The fourth-order valence-corrected chi connectivity index (χ4v) is 1.05. The van der Waals surface area contributed by atoms with Crippen molar-refractivity contribution in [3.8, 4) is 17.6 Å². The highest BCUT2D eigenvalue weighted by molar-refractivity contribution is 5.45. The molecular formula is C9H8F2N2O2. The maximum Gasteiger partial charge on any atom is 0.284 e. The monoisotopic (exact) mass is 214 g/mol. The molecule has 1 aromatic rings. The van der Waals surface area contributed by atoms with Gasteiger partial charge in [0.05, 0.1) is 14.2 Å². The van der Waals surface area contributed by atoms with Crippen molar-refractivity contribution in [3.05, 3.63) is 17.5 Å². The number of hydrogen-bond acceptors (Lipinski definition) is 4. The van der Waals surface area contributed by atoms with Crippen LogP contribution in [0.2, 0.25) is 0 Å². The Balaban J connectivity index is 3.36. The molecule has 0 amide bonds. The molecule has 0 aliphatic carbocycles. The molecule has 4 nitrogen and oxygen atoms in total. The normalized spacial score (nSPS) is 9.87. The lowest BCUT2D eigenvalue weighted by Gasteiger charge is -2.09. The highest BCUT2D eigenvalue weighted by atomic mass is 19.3. The smallest absolute Gasteiger partial charge is 0.284 e. The first-order valence-electron chi connectivity index (χ1n) is 3.95. The Morgan fingerprint density at radius 1 is 1.33 bits per heavy atom. The fourth-order valence-electron chi connectivity index (χ4n) is 1.05. The Morgan fingerprint density at radius 3 is 2.33 bits per heavy atom. The van der Waals surface area contributed by atoms with E-state index < -0.39 is 12.1 Å². The summed E-state index contributed by atoms with van der Waals surface area (Å²) in [5.41, 5.74) is -0.747. The van der Waals surface area contributed by atoms with E-state index in [1.807, 2.05) is 0 Å². The van der Waals surface area contributed by atoms with Gasteiger partial charge < -0.3 is 9.47 Å². The first-order chi connectivity index (χ1) is 7.13. The third-order valence-corrected chi connectivity index (χ3v) is 1.73. The van der Waals surface area contributed by atoms with Crippen LogP contribution < -0.4 is 9.47 Å². The number of rotatable bonds is 3. The number of alkyl halides is 2.